The van der Waals surface area contributed by atoms with Crippen molar-refractivity contribution in [3.8, 4) is 0 Å². The van der Waals surface area contributed by atoms with Crippen molar-refractivity contribution in [3.05, 3.63) is 72.9 Å². The van der Waals surface area contributed by atoms with Crippen molar-refractivity contribution in [2.75, 3.05) is 13.2 Å². The van der Waals surface area contributed by atoms with Gasteiger partial charge in [0.1, 0.15) is 13.2 Å². The Labute approximate surface area is 344 Å². The third-order valence-corrected chi connectivity index (χ3v) is 9.48. The van der Waals surface area contributed by atoms with E-state index < -0.39 is 12.1 Å². The number of carbonyl (C=O) groups excluding carboxylic acids is 3. The predicted octanol–water partition coefficient (Wildman–Crippen LogP) is 14.7. The van der Waals surface area contributed by atoms with Gasteiger partial charge in [-0.05, 0) is 64.2 Å². The molecular weight excluding hydrogens is 697 g/mol. The summed E-state index contributed by atoms with van der Waals surface area (Å²) in [6, 6.07) is 0. The number of esters is 3. The molecule has 1 atom stereocenters. The first kappa shape index (κ1) is 52.9. The first-order chi connectivity index (χ1) is 27.5. The maximum absolute atomic E-state index is 12.7. The van der Waals surface area contributed by atoms with Crippen LogP contribution < -0.4 is 0 Å². The molecule has 1 unspecified atom stereocenters. The topological polar surface area (TPSA) is 78.9 Å². The smallest absolute Gasteiger partial charge is 0.309 e. The molecule has 0 saturated carbocycles. The zero-order valence-electron chi connectivity index (χ0n) is 36.4. The highest BCUT2D eigenvalue weighted by Gasteiger charge is 2.19. The highest BCUT2D eigenvalue weighted by Crippen LogP contribution is 2.14. The van der Waals surface area contributed by atoms with Crippen LogP contribution in [0.4, 0.5) is 0 Å². The standard InChI is InChI=1S/C50H84O6/c1-4-7-10-13-16-19-22-24-25-26-29-31-34-37-40-43-49(52)55-46-47(45-54-48(51)42-39-36-33-30-27-21-18-15-12-9-6-3)56-50(53)44-41-38-35-32-28-23-20-17-14-11-8-5-2/h7,10,15-16,18-19,24-25,29,31,37,40,47H,4-6,8-9,11-14,17,20-23,26-28,30,32-36,38-39,41-46H2,1-3H3/b10-7-,18-15-,19-16-,25-24-,31-29-,40-37-. The van der Waals surface area contributed by atoms with Crippen molar-refractivity contribution >= 4 is 17.9 Å². The van der Waals surface area contributed by atoms with Crippen molar-refractivity contribution < 1.29 is 28.6 Å². The Balaban J connectivity index is 4.52. The first-order valence-corrected chi connectivity index (χ1v) is 22.9. The van der Waals surface area contributed by atoms with Crippen LogP contribution in [-0.2, 0) is 28.6 Å². The Morgan fingerprint density at radius 2 is 0.786 bits per heavy atom. The summed E-state index contributed by atoms with van der Waals surface area (Å²) in [5, 5.41) is 0. The number of ether oxygens (including phenoxy) is 3. The zero-order valence-corrected chi connectivity index (χ0v) is 36.4. The molecular formula is C50H84O6. The lowest BCUT2D eigenvalue weighted by Crippen LogP contribution is -2.30. The molecule has 0 amide bonds. The largest absolute Gasteiger partial charge is 0.462 e. The molecule has 6 nitrogen and oxygen atoms in total. The van der Waals surface area contributed by atoms with Gasteiger partial charge in [-0.2, -0.15) is 0 Å². The van der Waals surface area contributed by atoms with Crippen LogP contribution in [0, 0.1) is 0 Å². The summed E-state index contributed by atoms with van der Waals surface area (Å²) in [6.07, 6.45) is 54.8. The molecule has 56 heavy (non-hydrogen) atoms. The number of hydrogen-bond acceptors (Lipinski definition) is 6. The quantitative estimate of drug-likeness (QED) is 0.0267. The molecule has 0 aliphatic heterocycles. The van der Waals surface area contributed by atoms with Crippen LogP contribution in [0.5, 0.6) is 0 Å². The summed E-state index contributed by atoms with van der Waals surface area (Å²) in [7, 11) is 0. The maximum Gasteiger partial charge on any atom is 0.309 e. The Morgan fingerprint density at radius 3 is 1.29 bits per heavy atom. The fourth-order valence-corrected chi connectivity index (χ4v) is 6.02. The molecule has 0 aromatic rings. The third kappa shape index (κ3) is 42.0. The van der Waals surface area contributed by atoms with Gasteiger partial charge in [-0.1, -0.05) is 196 Å². The van der Waals surface area contributed by atoms with Gasteiger partial charge in [-0.15, -0.1) is 0 Å². The van der Waals surface area contributed by atoms with Crippen molar-refractivity contribution in [2.45, 2.75) is 213 Å². The fourth-order valence-electron chi connectivity index (χ4n) is 6.02. The van der Waals surface area contributed by atoms with Crippen LogP contribution in [0.15, 0.2) is 72.9 Å². The van der Waals surface area contributed by atoms with Crippen molar-refractivity contribution in [1.82, 2.24) is 0 Å². The molecule has 0 N–H and O–H groups in total. The minimum absolute atomic E-state index is 0.109. The zero-order chi connectivity index (χ0) is 40.8. The average Bonchev–Trinajstić information content (AvgIpc) is 3.19. The maximum atomic E-state index is 12.7. The lowest BCUT2D eigenvalue weighted by Gasteiger charge is -2.18. The SMILES string of the molecule is CC/C=C\C/C=C\C/C=C\C/C=C\C/C=C\CC(=O)OCC(COC(=O)CCCCCCC/C=C\CCCC)OC(=O)CCCCCCCCCCCCCC. The summed E-state index contributed by atoms with van der Waals surface area (Å²) in [5.74, 6) is -1.06. The van der Waals surface area contributed by atoms with E-state index in [0.717, 1.165) is 83.5 Å². The Bertz CT molecular complexity index is 1080. The summed E-state index contributed by atoms with van der Waals surface area (Å²) in [4.78, 5) is 37.7. The first-order valence-electron chi connectivity index (χ1n) is 22.9. The highest BCUT2D eigenvalue weighted by atomic mass is 16.6. The van der Waals surface area contributed by atoms with Gasteiger partial charge < -0.3 is 14.2 Å². The Kier molecular flexibility index (Phi) is 42.1. The van der Waals surface area contributed by atoms with Crippen LogP contribution in [0.3, 0.4) is 0 Å². The van der Waals surface area contributed by atoms with Crippen LogP contribution in [-0.4, -0.2) is 37.2 Å². The van der Waals surface area contributed by atoms with Crippen molar-refractivity contribution in [1.29, 1.82) is 0 Å². The third-order valence-electron chi connectivity index (χ3n) is 9.48. The van der Waals surface area contributed by atoms with Gasteiger partial charge >= 0.3 is 17.9 Å². The van der Waals surface area contributed by atoms with E-state index in [-0.39, 0.29) is 31.6 Å². The van der Waals surface area contributed by atoms with Gasteiger partial charge in [-0.25, -0.2) is 0 Å². The molecule has 6 heteroatoms. The fraction of sp³-hybridized carbons (Fsp3) is 0.700. The van der Waals surface area contributed by atoms with Gasteiger partial charge in [0.05, 0.1) is 6.42 Å². The normalized spacial score (nSPS) is 12.7. The predicted molar refractivity (Wildman–Crippen MR) is 238 cm³/mol. The second-order valence-corrected chi connectivity index (χ2v) is 14.9. The van der Waals surface area contributed by atoms with Crippen LogP contribution >= 0.6 is 0 Å². The monoisotopic (exact) mass is 781 g/mol. The lowest BCUT2D eigenvalue weighted by atomic mass is 10.0. The van der Waals surface area contributed by atoms with E-state index in [1.165, 1.54) is 83.5 Å². The minimum atomic E-state index is -0.813. The molecule has 320 valence electrons. The average molecular weight is 781 g/mol. The molecule has 0 bridgehead atoms. The van der Waals surface area contributed by atoms with E-state index in [4.69, 9.17) is 14.2 Å². The number of unbranched alkanes of at least 4 members (excludes halogenated alkanes) is 18. The molecule has 0 aromatic carbocycles. The molecule has 0 spiro atoms. The lowest BCUT2D eigenvalue weighted by molar-refractivity contribution is -0.166. The molecule has 0 aliphatic rings. The van der Waals surface area contributed by atoms with Gasteiger partial charge in [0.15, 0.2) is 6.10 Å². The second kappa shape index (κ2) is 44.6. The molecule has 0 radical (unpaired) electrons. The van der Waals surface area contributed by atoms with E-state index in [1.807, 2.05) is 6.08 Å². The number of allylic oxidation sites excluding steroid dienone is 11. The summed E-state index contributed by atoms with van der Waals surface area (Å²) in [5.41, 5.74) is 0. The molecule has 0 rings (SSSR count). The van der Waals surface area contributed by atoms with E-state index in [1.54, 1.807) is 6.08 Å². The molecule has 0 aromatic heterocycles. The number of hydrogen-bond donors (Lipinski definition) is 0. The van der Waals surface area contributed by atoms with Gasteiger partial charge in [0.2, 0.25) is 0 Å². The van der Waals surface area contributed by atoms with Gasteiger partial charge in [0, 0.05) is 12.8 Å². The number of carbonyl (C=O) groups is 3. The van der Waals surface area contributed by atoms with Crippen LogP contribution in [0.2, 0.25) is 0 Å². The number of rotatable bonds is 40. The second-order valence-electron chi connectivity index (χ2n) is 14.9. The van der Waals surface area contributed by atoms with E-state index >= 15 is 0 Å². The van der Waals surface area contributed by atoms with Gasteiger partial charge in [0.25, 0.3) is 0 Å². The van der Waals surface area contributed by atoms with Crippen molar-refractivity contribution in [2.24, 2.45) is 0 Å². The summed E-state index contributed by atoms with van der Waals surface area (Å²) >= 11 is 0. The molecule has 0 heterocycles. The molecule has 0 fully saturated rings. The van der Waals surface area contributed by atoms with Crippen molar-refractivity contribution in [3.63, 3.8) is 0 Å². The Hall–Kier alpha value is -3.15. The molecule has 0 aliphatic carbocycles. The van der Waals surface area contributed by atoms with Crippen LogP contribution in [0.25, 0.3) is 0 Å². The van der Waals surface area contributed by atoms with Crippen LogP contribution in [0.1, 0.15) is 207 Å². The molecule has 0 saturated heterocycles. The van der Waals surface area contributed by atoms with E-state index in [2.05, 4.69) is 81.5 Å². The minimum Gasteiger partial charge on any atom is -0.462 e. The Morgan fingerprint density at radius 1 is 0.393 bits per heavy atom. The summed E-state index contributed by atoms with van der Waals surface area (Å²) in [6.45, 7) is 6.37. The van der Waals surface area contributed by atoms with E-state index in [0.29, 0.717) is 12.8 Å². The highest BCUT2D eigenvalue weighted by molar-refractivity contribution is 5.72. The van der Waals surface area contributed by atoms with Gasteiger partial charge in [-0.3, -0.25) is 14.4 Å². The van der Waals surface area contributed by atoms with E-state index in [9.17, 15) is 14.4 Å². The summed E-state index contributed by atoms with van der Waals surface area (Å²) < 4.78 is 16.6.